The molecule has 0 bridgehead atoms. The van der Waals surface area contributed by atoms with Crippen molar-refractivity contribution in [3.8, 4) is 22.6 Å². The monoisotopic (exact) mass is 275 g/mol. The van der Waals surface area contributed by atoms with E-state index in [1.807, 2.05) is 18.2 Å². The summed E-state index contributed by atoms with van der Waals surface area (Å²) in [5.74, 6) is 0.804. The van der Waals surface area contributed by atoms with Gasteiger partial charge in [-0.15, -0.1) is 0 Å². The van der Waals surface area contributed by atoms with Gasteiger partial charge in [-0.2, -0.15) is 0 Å². The molecular formula is C15H17NO4. The lowest BCUT2D eigenvalue weighted by atomic mass is 10.0. The van der Waals surface area contributed by atoms with E-state index in [1.165, 1.54) is 0 Å². The van der Waals surface area contributed by atoms with Gasteiger partial charge >= 0.3 is 5.97 Å². The Morgan fingerprint density at radius 3 is 2.60 bits per heavy atom. The van der Waals surface area contributed by atoms with Crippen molar-refractivity contribution in [2.45, 2.75) is 6.92 Å². The number of carbonyl (C=O) groups is 1. The number of aromatic nitrogens is 1. The van der Waals surface area contributed by atoms with Crippen LogP contribution in [0, 0.1) is 0 Å². The van der Waals surface area contributed by atoms with Gasteiger partial charge in [0.05, 0.1) is 20.8 Å². The van der Waals surface area contributed by atoms with Crippen molar-refractivity contribution in [2.24, 2.45) is 0 Å². The number of H-pyrrole nitrogens is 1. The zero-order valence-corrected chi connectivity index (χ0v) is 11.7. The van der Waals surface area contributed by atoms with Gasteiger partial charge < -0.3 is 19.2 Å². The topological polar surface area (TPSA) is 60.6 Å². The van der Waals surface area contributed by atoms with E-state index in [-0.39, 0.29) is 0 Å². The van der Waals surface area contributed by atoms with Gasteiger partial charge in [0.15, 0.2) is 11.5 Å². The molecule has 0 aliphatic heterocycles. The van der Waals surface area contributed by atoms with Gasteiger partial charge in [0, 0.05) is 17.3 Å². The van der Waals surface area contributed by atoms with Crippen LogP contribution < -0.4 is 9.47 Å². The zero-order valence-electron chi connectivity index (χ0n) is 11.7. The van der Waals surface area contributed by atoms with E-state index in [2.05, 4.69) is 4.98 Å². The first kappa shape index (κ1) is 14.0. The van der Waals surface area contributed by atoms with Crippen molar-refractivity contribution in [1.29, 1.82) is 0 Å². The number of para-hydroxylation sites is 1. The standard InChI is InChI=1S/C15H17NO4/c1-4-20-15(17)13-10(8-9-16-13)11-6-5-7-12(18-2)14(11)19-3/h5-9,16H,4H2,1-3H3. The van der Waals surface area contributed by atoms with Crippen molar-refractivity contribution in [1.82, 2.24) is 4.98 Å². The summed E-state index contributed by atoms with van der Waals surface area (Å²) in [4.78, 5) is 14.8. The highest BCUT2D eigenvalue weighted by Gasteiger charge is 2.19. The summed E-state index contributed by atoms with van der Waals surface area (Å²) in [7, 11) is 3.14. The fourth-order valence-electron chi connectivity index (χ4n) is 2.07. The lowest BCUT2D eigenvalue weighted by Crippen LogP contribution is -2.06. The van der Waals surface area contributed by atoms with E-state index in [1.54, 1.807) is 33.4 Å². The molecule has 0 aliphatic rings. The molecule has 106 valence electrons. The molecule has 0 fully saturated rings. The molecule has 2 aromatic rings. The van der Waals surface area contributed by atoms with E-state index in [0.29, 0.717) is 23.8 Å². The number of nitrogens with one attached hydrogen (secondary N) is 1. The molecule has 0 aliphatic carbocycles. The maximum absolute atomic E-state index is 11.9. The lowest BCUT2D eigenvalue weighted by Gasteiger charge is -2.12. The Kier molecular flexibility index (Phi) is 4.30. The summed E-state index contributed by atoms with van der Waals surface area (Å²) in [5.41, 5.74) is 1.90. The SMILES string of the molecule is CCOC(=O)c1[nH]ccc1-c1cccc(OC)c1OC. The molecule has 0 spiro atoms. The average molecular weight is 275 g/mol. The minimum atomic E-state index is -0.391. The second kappa shape index (κ2) is 6.14. The van der Waals surface area contributed by atoms with Crippen LogP contribution in [0.25, 0.3) is 11.1 Å². The fourth-order valence-corrected chi connectivity index (χ4v) is 2.07. The molecule has 1 aromatic heterocycles. The van der Waals surface area contributed by atoms with Crippen LogP contribution >= 0.6 is 0 Å². The molecule has 5 nitrogen and oxygen atoms in total. The third-order valence-corrected chi connectivity index (χ3v) is 2.92. The van der Waals surface area contributed by atoms with E-state index in [9.17, 15) is 4.79 Å². The van der Waals surface area contributed by atoms with Gasteiger partial charge in [-0.25, -0.2) is 4.79 Å². The first-order chi connectivity index (χ1) is 9.72. The molecule has 0 saturated heterocycles. The molecule has 2 rings (SSSR count). The van der Waals surface area contributed by atoms with Crippen LogP contribution in [0.4, 0.5) is 0 Å². The quantitative estimate of drug-likeness (QED) is 0.852. The molecule has 1 aromatic carbocycles. The Bertz CT molecular complexity index is 604. The Morgan fingerprint density at radius 2 is 1.95 bits per heavy atom. The smallest absolute Gasteiger partial charge is 0.355 e. The van der Waals surface area contributed by atoms with Gasteiger partial charge in [0.25, 0.3) is 0 Å². The first-order valence-electron chi connectivity index (χ1n) is 6.28. The van der Waals surface area contributed by atoms with E-state index in [4.69, 9.17) is 14.2 Å². The third kappa shape index (κ3) is 2.47. The maximum atomic E-state index is 11.9. The van der Waals surface area contributed by atoms with Crippen LogP contribution in [0.2, 0.25) is 0 Å². The van der Waals surface area contributed by atoms with Gasteiger partial charge in [0.1, 0.15) is 5.69 Å². The van der Waals surface area contributed by atoms with Crippen LogP contribution in [0.1, 0.15) is 17.4 Å². The summed E-state index contributed by atoms with van der Waals surface area (Å²) in [6, 6.07) is 7.33. The number of benzene rings is 1. The van der Waals surface area contributed by atoms with Crippen LogP contribution in [-0.4, -0.2) is 31.8 Å². The molecule has 0 saturated carbocycles. The van der Waals surface area contributed by atoms with Crippen molar-refractivity contribution in [3.63, 3.8) is 0 Å². The second-order valence-corrected chi connectivity index (χ2v) is 4.03. The molecule has 5 heteroatoms. The largest absolute Gasteiger partial charge is 0.493 e. The Morgan fingerprint density at radius 1 is 1.15 bits per heavy atom. The Hall–Kier alpha value is -2.43. The van der Waals surface area contributed by atoms with Gasteiger partial charge in [-0.1, -0.05) is 12.1 Å². The number of rotatable bonds is 5. The Balaban J connectivity index is 2.52. The number of hydrogen-bond acceptors (Lipinski definition) is 4. The number of carbonyl (C=O) groups excluding carboxylic acids is 1. The molecule has 20 heavy (non-hydrogen) atoms. The third-order valence-electron chi connectivity index (χ3n) is 2.92. The van der Waals surface area contributed by atoms with Crippen LogP contribution in [0.15, 0.2) is 30.5 Å². The highest BCUT2D eigenvalue weighted by molar-refractivity contribution is 5.96. The first-order valence-corrected chi connectivity index (χ1v) is 6.28. The molecule has 0 radical (unpaired) electrons. The predicted octanol–water partition coefficient (Wildman–Crippen LogP) is 2.88. The van der Waals surface area contributed by atoms with Crippen LogP contribution in [0.3, 0.4) is 0 Å². The summed E-state index contributed by atoms with van der Waals surface area (Å²) in [6.07, 6.45) is 1.69. The summed E-state index contributed by atoms with van der Waals surface area (Å²) in [5, 5.41) is 0. The number of esters is 1. The van der Waals surface area contributed by atoms with Crippen molar-refractivity contribution in [3.05, 3.63) is 36.2 Å². The Labute approximate surface area is 117 Å². The number of hydrogen-bond donors (Lipinski definition) is 1. The summed E-state index contributed by atoms with van der Waals surface area (Å²) in [6.45, 7) is 2.10. The van der Waals surface area contributed by atoms with Crippen molar-refractivity contribution >= 4 is 5.97 Å². The van der Waals surface area contributed by atoms with E-state index >= 15 is 0 Å². The number of methoxy groups -OCH3 is 2. The lowest BCUT2D eigenvalue weighted by molar-refractivity contribution is 0.0521. The normalized spacial score (nSPS) is 10.2. The second-order valence-electron chi connectivity index (χ2n) is 4.03. The average Bonchev–Trinajstić information content (AvgIpc) is 2.95. The van der Waals surface area contributed by atoms with E-state index < -0.39 is 5.97 Å². The highest BCUT2D eigenvalue weighted by atomic mass is 16.5. The molecule has 0 unspecified atom stereocenters. The molecule has 1 heterocycles. The minimum absolute atomic E-state index is 0.326. The van der Waals surface area contributed by atoms with Crippen LogP contribution in [-0.2, 0) is 4.74 Å². The van der Waals surface area contributed by atoms with Gasteiger partial charge in [0.2, 0.25) is 0 Å². The predicted molar refractivity (Wildman–Crippen MR) is 75.3 cm³/mol. The van der Waals surface area contributed by atoms with Crippen molar-refractivity contribution < 1.29 is 19.0 Å². The fraction of sp³-hybridized carbons (Fsp3) is 0.267. The molecular weight excluding hydrogens is 258 g/mol. The summed E-state index contributed by atoms with van der Waals surface area (Å²) >= 11 is 0. The van der Waals surface area contributed by atoms with Gasteiger partial charge in [-0.3, -0.25) is 0 Å². The van der Waals surface area contributed by atoms with Gasteiger partial charge in [-0.05, 0) is 19.1 Å². The summed E-state index contributed by atoms with van der Waals surface area (Å²) < 4.78 is 15.7. The number of ether oxygens (including phenoxy) is 3. The molecule has 0 atom stereocenters. The van der Waals surface area contributed by atoms with Crippen LogP contribution in [0.5, 0.6) is 11.5 Å². The number of aromatic amines is 1. The minimum Gasteiger partial charge on any atom is -0.493 e. The molecule has 1 N–H and O–H groups in total. The zero-order chi connectivity index (χ0) is 14.5. The van der Waals surface area contributed by atoms with Crippen molar-refractivity contribution in [2.75, 3.05) is 20.8 Å². The highest BCUT2D eigenvalue weighted by Crippen LogP contribution is 2.39. The maximum Gasteiger partial charge on any atom is 0.355 e. The van der Waals surface area contributed by atoms with E-state index in [0.717, 1.165) is 11.1 Å². The molecule has 0 amide bonds.